The maximum atomic E-state index is 12.3. The van der Waals surface area contributed by atoms with Gasteiger partial charge in [-0.15, -0.1) is 0 Å². The molecule has 0 aliphatic rings. The Morgan fingerprint density at radius 3 is 2.44 bits per heavy atom. The van der Waals surface area contributed by atoms with Crippen LogP contribution in [-0.2, 0) is 11.2 Å². The zero-order valence-electron chi connectivity index (χ0n) is 15.0. The normalized spacial score (nSPS) is 10.3. The van der Waals surface area contributed by atoms with E-state index in [9.17, 15) is 9.59 Å². The topological polar surface area (TPSA) is 70.2 Å². The molecule has 1 aromatic heterocycles. The molecule has 0 bridgehead atoms. The van der Waals surface area contributed by atoms with Crippen LogP contribution in [0.5, 0.6) is 0 Å². The van der Waals surface area contributed by atoms with Gasteiger partial charge in [0.15, 0.2) is 0 Å². The van der Waals surface area contributed by atoms with Gasteiger partial charge in [-0.05, 0) is 52.1 Å². The molecule has 0 unspecified atom stereocenters. The van der Waals surface area contributed by atoms with Crippen molar-refractivity contribution in [1.29, 1.82) is 0 Å². The van der Waals surface area contributed by atoms with Crippen molar-refractivity contribution < 1.29 is 9.59 Å². The molecule has 27 heavy (non-hydrogen) atoms. The summed E-state index contributed by atoms with van der Waals surface area (Å²) in [6, 6.07) is 17.3. The monoisotopic (exact) mass is 379 g/mol. The summed E-state index contributed by atoms with van der Waals surface area (Å²) in [6.07, 6.45) is 0.752. The van der Waals surface area contributed by atoms with E-state index in [1.54, 1.807) is 17.4 Å². The van der Waals surface area contributed by atoms with E-state index in [0.29, 0.717) is 17.9 Å². The van der Waals surface area contributed by atoms with Gasteiger partial charge in [0.25, 0.3) is 0 Å². The van der Waals surface area contributed by atoms with E-state index in [-0.39, 0.29) is 11.9 Å². The smallest absolute Gasteiger partial charge is 0.319 e. The fourth-order valence-electron chi connectivity index (χ4n) is 2.69. The highest BCUT2D eigenvalue weighted by Crippen LogP contribution is 2.30. The molecule has 3 aromatic rings. The van der Waals surface area contributed by atoms with Crippen molar-refractivity contribution in [2.24, 2.45) is 0 Å². The molecule has 0 saturated carbocycles. The first-order valence-electron chi connectivity index (χ1n) is 8.65. The molecule has 0 aliphatic carbocycles. The summed E-state index contributed by atoms with van der Waals surface area (Å²) in [5, 5.41) is 12.5. The molecule has 3 amide bonds. The van der Waals surface area contributed by atoms with Crippen LogP contribution >= 0.6 is 11.3 Å². The molecule has 0 radical (unpaired) electrons. The molecule has 0 spiro atoms. The predicted molar refractivity (Wildman–Crippen MR) is 111 cm³/mol. The summed E-state index contributed by atoms with van der Waals surface area (Å²) in [7, 11) is 0. The van der Waals surface area contributed by atoms with Gasteiger partial charge in [-0.1, -0.05) is 36.4 Å². The number of carbonyl (C=O) groups is 2. The maximum Gasteiger partial charge on any atom is 0.319 e. The molecule has 1 heterocycles. The van der Waals surface area contributed by atoms with Gasteiger partial charge in [-0.3, -0.25) is 4.79 Å². The van der Waals surface area contributed by atoms with Gasteiger partial charge in [-0.2, -0.15) is 11.3 Å². The van der Waals surface area contributed by atoms with Crippen LogP contribution in [-0.4, -0.2) is 18.5 Å². The number of hydrogen-bond donors (Lipinski definition) is 3. The maximum absolute atomic E-state index is 12.3. The first-order valence-corrected chi connectivity index (χ1v) is 9.59. The fraction of sp³-hybridized carbons (Fsp3) is 0.143. The lowest BCUT2D eigenvalue weighted by Crippen LogP contribution is -2.30. The van der Waals surface area contributed by atoms with Crippen molar-refractivity contribution in [3.8, 4) is 11.1 Å². The quantitative estimate of drug-likeness (QED) is 0.579. The van der Waals surface area contributed by atoms with Gasteiger partial charge >= 0.3 is 6.03 Å². The number of thiophene rings is 1. The molecule has 0 aliphatic heterocycles. The van der Waals surface area contributed by atoms with Gasteiger partial charge < -0.3 is 16.0 Å². The van der Waals surface area contributed by atoms with Crippen molar-refractivity contribution in [3.63, 3.8) is 0 Å². The Bertz CT molecular complexity index is 908. The number of nitrogens with one attached hydrogen (secondary N) is 3. The van der Waals surface area contributed by atoms with Crippen LogP contribution in [0, 0.1) is 0 Å². The van der Waals surface area contributed by atoms with Gasteiger partial charge in [0, 0.05) is 13.5 Å². The van der Waals surface area contributed by atoms with Crippen molar-refractivity contribution in [2.45, 2.75) is 13.3 Å². The van der Waals surface area contributed by atoms with E-state index in [1.807, 2.05) is 59.3 Å². The number of urea groups is 1. The SMILES string of the molecule is CC(=O)Nc1ccc(-c2ccsc2)cc1NC(=O)NCCc1ccccc1. The zero-order chi connectivity index (χ0) is 19.1. The van der Waals surface area contributed by atoms with Crippen molar-refractivity contribution in [2.75, 3.05) is 17.2 Å². The molecule has 3 rings (SSSR count). The highest BCUT2D eigenvalue weighted by Gasteiger charge is 2.10. The molecule has 5 nitrogen and oxygen atoms in total. The largest absolute Gasteiger partial charge is 0.338 e. The summed E-state index contributed by atoms with van der Waals surface area (Å²) in [4.78, 5) is 23.8. The van der Waals surface area contributed by atoms with E-state index >= 15 is 0 Å². The molecular weight excluding hydrogens is 358 g/mol. The van der Waals surface area contributed by atoms with Gasteiger partial charge in [0.2, 0.25) is 5.91 Å². The van der Waals surface area contributed by atoms with E-state index in [0.717, 1.165) is 23.1 Å². The van der Waals surface area contributed by atoms with Gasteiger partial charge in [-0.25, -0.2) is 4.79 Å². The Morgan fingerprint density at radius 1 is 0.926 bits per heavy atom. The lowest BCUT2D eigenvalue weighted by Gasteiger charge is -2.14. The molecule has 6 heteroatoms. The number of hydrogen-bond acceptors (Lipinski definition) is 3. The van der Waals surface area contributed by atoms with E-state index < -0.39 is 0 Å². The van der Waals surface area contributed by atoms with Crippen LogP contribution < -0.4 is 16.0 Å². The second-order valence-corrected chi connectivity index (χ2v) is 6.85. The predicted octanol–water partition coefficient (Wildman–Crippen LogP) is 4.74. The van der Waals surface area contributed by atoms with Crippen LogP contribution in [0.1, 0.15) is 12.5 Å². The number of rotatable bonds is 6. The van der Waals surface area contributed by atoms with Crippen LogP contribution in [0.2, 0.25) is 0 Å². The van der Waals surface area contributed by atoms with Gasteiger partial charge in [0.1, 0.15) is 0 Å². The number of benzene rings is 2. The average molecular weight is 379 g/mol. The lowest BCUT2D eigenvalue weighted by atomic mass is 10.1. The molecule has 0 fully saturated rings. The summed E-state index contributed by atoms with van der Waals surface area (Å²) in [5.74, 6) is -0.189. The summed E-state index contributed by atoms with van der Waals surface area (Å²) in [6.45, 7) is 1.96. The van der Waals surface area contributed by atoms with Crippen molar-refractivity contribution in [3.05, 3.63) is 70.9 Å². The van der Waals surface area contributed by atoms with Crippen molar-refractivity contribution >= 4 is 34.6 Å². The lowest BCUT2D eigenvalue weighted by molar-refractivity contribution is -0.114. The Kier molecular flexibility index (Phi) is 6.22. The highest BCUT2D eigenvalue weighted by atomic mass is 32.1. The minimum Gasteiger partial charge on any atom is -0.338 e. The summed E-state index contributed by atoms with van der Waals surface area (Å²) in [5.41, 5.74) is 4.34. The zero-order valence-corrected chi connectivity index (χ0v) is 15.8. The molecular formula is C21H21N3O2S. The first-order chi connectivity index (χ1) is 13.1. The molecule has 0 atom stereocenters. The second-order valence-electron chi connectivity index (χ2n) is 6.07. The van der Waals surface area contributed by atoms with Crippen LogP contribution in [0.4, 0.5) is 16.2 Å². The van der Waals surface area contributed by atoms with E-state index in [4.69, 9.17) is 0 Å². The summed E-state index contributed by atoms with van der Waals surface area (Å²) >= 11 is 1.61. The van der Waals surface area contributed by atoms with Crippen molar-refractivity contribution in [1.82, 2.24) is 5.32 Å². The van der Waals surface area contributed by atoms with E-state index in [1.165, 1.54) is 6.92 Å². The highest BCUT2D eigenvalue weighted by molar-refractivity contribution is 7.08. The van der Waals surface area contributed by atoms with Crippen LogP contribution in [0.15, 0.2) is 65.4 Å². The third kappa shape index (κ3) is 5.43. The Hall–Kier alpha value is -3.12. The third-order valence-electron chi connectivity index (χ3n) is 3.98. The Labute approximate surface area is 162 Å². The van der Waals surface area contributed by atoms with Crippen LogP contribution in [0.3, 0.4) is 0 Å². The molecule has 0 saturated heterocycles. The van der Waals surface area contributed by atoms with Crippen LogP contribution in [0.25, 0.3) is 11.1 Å². The fourth-order valence-corrected chi connectivity index (χ4v) is 3.35. The number of amides is 3. The Morgan fingerprint density at radius 2 is 1.74 bits per heavy atom. The van der Waals surface area contributed by atoms with Gasteiger partial charge in [0.05, 0.1) is 11.4 Å². The second kappa shape index (κ2) is 9.00. The van der Waals surface area contributed by atoms with E-state index in [2.05, 4.69) is 16.0 Å². The minimum absolute atomic E-state index is 0.189. The summed E-state index contributed by atoms with van der Waals surface area (Å²) < 4.78 is 0. The minimum atomic E-state index is -0.306. The third-order valence-corrected chi connectivity index (χ3v) is 4.66. The molecule has 138 valence electrons. The number of carbonyl (C=O) groups excluding carboxylic acids is 2. The Balaban J connectivity index is 1.68. The average Bonchev–Trinajstić information content (AvgIpc) is 3.18. The molecule has 3 N–H and O–H groups in total. The molecule has 2 aromatic carbocycles. The first kappa shape index (κ1) is 18.7. The standard InChI is InChI=1S/C21H21N3O2S/c1-15(25)23-19-8-7-17(18-10-12-27-14-18)13-20(19)24-21(26)22-11-9-16-5-3-2-4-6-16/h2-8,10,12-14H,9,11H2,1H3,(H,23,25)(H2,22,24,26). The number of anilines is 2.